The maximum absolute atomic E-state index is 12.1. The van der Waals surface area contributed by atoms with Crippen LogP contribution in [0.3, 0.4) is 0 Å². The van der Waals surface area contributed by atoms with Gasteiger partial charge in [-0.1, -0.05) is 66.7 Å². The molecule has 2 amide bonds. The Labute approximate surface area is 158 Å². The zero-order chi connectivity index (χ0) is 18.4. The van der Waals surface area contributed by atoms with Crippen molar-refractivity contribution in [2.24, 2.45) is 5.41 Å². The summed E-state index contributed by atoms with van der Waals surface area (Å²) >= 11 is 3.40. The number of amides is 2. The minimum absolute atomic E-state index is 0.0893. The lowest BCUT2D eigenvalue weighted by atomic mass is 9.83. The average Bonchev–Trinajstić information content (AvgIpc) is 2.53. The van der Waals surface area contributed by atoms with Crippen LogP contribution in [0.15, 0.2) is 59.6 Å². The summed E-state index contributed by atoms with van der Waals surface area (Å²) in [6.07, 6.45) is 0.815. The first-order valence-electron chi connectivity index (χ1n) is 8.31. The molecule has 2 aromatic rings. The van der Waals surface area contributed by atoms with Crippen molar-refractivity contribution in [1.29, 1.82) is 0 Å². The second kappa shape index (κ2) is 8.34. The Morgan fingerprint density at radius 3 is 2.56 bits per heavy atom. The molecule has 0 fully saturated rings. The van der Waals surface area contributed by atoms with Crippen molar-refractivity contribution < 1.29 is 4.79 Å². The average molecular weight is 401 g/mol. The number of carbonyl (C=O) groups excluding carboxylic acids is 1. The molecule has 4 heteroatoms. The van der Waals surface area contributed by atoms with E-state index in [2.05, 4.69) is 66.0 Å². The van der Waals surface area contributed by atoms with Crippen molar-refractivity contribution in [3.8, 4) is 0 Å². The zero-order valence-electron chi connectivity index (χ0n) is 15.0. The zero-order valence-corrected chi connectivity index (χ0v) is 16.6. The van der Waals surface area contributed by atoms with Gasteiger partial charge in [-0.3, -0.25) is 0 Å². The van der Waals surface area contributed by atoms with E-state index in [9.17, 15) is 4.79 Å². The maximum atomic E-state index is 12.1. The summed E-state index contributed by atoms with van der Waals surface area (Å²) in [5.41, 5.74) is 4.18. The summed E-state index contributed by atoms with van der Waals surface area (Å²) in [5, 5.41) is 5.80. The Balaban J connectivity index is 1.89. The molecule has 2 aromatic carbocycles. The van der Waals surface area contributed by atoms with Gasteiger partial charge < -0.3 is 10.6 Å². The van der Waals surface area contributed by atoms with Gasteiger partial charge in [0.05, 0.1) is 0 Å². The third-order valence-corrected chi connectivity index (χ3v) is 4.52. The highest BCUT2D eigenvalue weighted by Crippen LogP contribution is 2.30. The number of aryl methyl sites for hydroxylation is 1. The van der Waals surface area contributed by atoms with Gasteiger partial charge in [0.1, 0.15) is 0 Å². The molecule has 0 atom stereocenters. The van der Waals surface area contributed by atoms with E-state index in [1.165, 1.54) is 11.1 Å². The van der Waals surface area contributed by atoms with Crippen molar-refractivity contribution in [2.75, 3.05) is 11.9 Å². The highest BCUT2D eigenvalue weighted by Gasteiger charge is 2.21. The van der Waals surface area contributed by atoms with Crippen LogP contribution in [0.25, 0.3) is 5.57 Å². The van der Waals surface area contributed by atoms with Crippen LogP contribution >= 0.6 is 15.9 Å². The van der Waals surface area contributed by atoms with Crippen LogP contribution in [0.2, 0.25) is 0 Å². The Morgan fingerprint density at radius 1 is 1.16 bits per heavy atom. The lowest BCUT2D eigenvalue weighted by molar-refractivity contribution is 0.245. The van der Waals surface area contributed by atoms with Crippen molar-refractivity contribution in [1.82, 2.24) is 5.32 Å². The first-order valence-corrected chi connectivity index (χ1v) is 9.10. The lowest BCUT2D eigenvalue weighted by Gasteiger charge is -2.26. The molecule has 0 unspecified atom stereocenters. The molecule has 0 saturated heterocycles. The number of benzene rings is 2. The number of anilines is 1. The number of urea groups is 1. The van der Waals surface area contributed by atoms with E-state index in [1.807, 2.05) is 36.4 Å². The molecule has 2 rings (SSSR count). The number of rotatable bonds is 6. The number of halogens is 1. The van der Waals surface area contributed by atoms with Crippen LogP contribution in [-0.4, -0.2) is 12.6 Å². The quantitative estimate of drug-likeness (QED) is 0.612. The van der Waals surface area contributed by atoms with E-state index >= 15 is 0 Å². The predicted octanol–water partition coefficient (Wildman–Crippen LogP) is 6.01. The molecule has 0 bridgehead atoms. The Bertz CT molecular complexity index is 768. The molecule has 0 radical (unpaired) electrons. The molecule has 0 heterocycles. The first kappa shape index (κ1) is 19.3. The molecule has 0 aliphatic carbocycles. The monoisotopic (exact) mass is 400 g/mol. The highest BCUT2D eigenvalue weighted by molar-refractivity contribution is 9.10. The second-order valence-corrected chi connectivity index (χ2v) is 7.99. The van der Waals surface area contributed by atoms with E-state index in [4.69, 9.17) is 0 Å². The van der Waals surface area contributed by atoms with Gasteiger partial charge in [0.2, 0.25) is 0 Å². The molecule has 0 saturated carbocycles. The topological polar surface area (TPSA) is 41.1 Å². The third kappa shape index (κ3) is 6.05. The predicted molar refractivity (Wildman–Crippen MR) is 110 cm³/mol. The van der Waals surface area contributed by atoms with Crippen LogP contribution in [0.4, 0.5) is 10.5 Å². The number of hydrogen-bond acceptors (Lipinski definition) is 1. The van der Waals surface area contributed by atoms with Crippen LogP contribution in [0.1, 0.15) is 31.4 Å². The van der Waals surface area contributed by atoms with Gasteiger partial charge in [-0.15, -0.1) is 0 Å². The van der Waals surface area contributed by atoms with Crippen LogP contribution in [0.5, 0.6) is 0 Å². The Kier molecular flexibility index (Phi) is 6.43. The van der Waals surface area contributed by atoms with Gasteiger partial charge in [0, 0.05) is 16.7 Å². The minimum atomic E-state index is -0.201. The van der Waals surface area contributed by atoms with Gasteiger partial charge in [-0.2, -0.15) is 0 Å². The third-order valence-electron chi connectivity index (χ3n) is 4.03. The van der Waals surface area contributed by atoms with E-state index in [1.54, 1.807) is 0 Å². The van der Waals surface area contributed by atoms with E-state index in [0.29, 0.717) is 6.54 Å². The lowest BCUT2D eigenvalue weighted by Crippen LogP contribution is -2.36. The van der Waals surface area contributed by atoms with Gasteiger partial charge in [0.15, 0.2) is 0 Å². The van der Waals surface area contributed by atoms with Gasteiger partial charge in [0.25, 0.3) is 0 Å². The van der Waals surface area contributed by atoms with Crippen LogP contribution < -0.4 is 10.6 Å². The number of nitrogens with one attached hydrogen (secondary N) is 2. The molecule has 132 valence electrons. The Morgan fingerprint density at radius 2 is 1.88 bits per heavy atom. The Hall–Kier alpha value is -2.07. The SMILES string of the molecule is C=C(CC(C)(C)CNC(=O)Nc1cccc(Br)c1)c1ccccc1C. The van der Waals surface area contributed by atoms with Gasteiger partial charge in [-0.25, -0.2) is 4.79 Å². The van der Waals surface area contributed by atoms with Gasteiger partial charge >= 0.3 is 6.03 Å². The summed E-state index contributed by atoms with van der Waals surface area (Å²) < 4.78 is 0.931. The standard InChI is InChI=1S/C21H25BrN2O/c1-15-8-5-6-11-19(15)16(2)13-21(3,4)14-23-20(25)24-18-10-7-9-17(22)12-18/h5-12H,2,13-14H2,1,3-4H3,(H2,23,24,25). The van der Waals surface area contributed by atoms with Crippen molar-refractivity contribution in [3.63, 3.8) is 0 Å². The summed E-state index contributed by atoms with van der Waals surface area (Å²) in [5.74, 6) is 0. The van der Waals surface area contributed by atoms with E-state index in [-0.39, 0.29) is 11.4 Å². The fourth-order valence-electron chi connectivity index (χ4n) is 2.77. The molecule has 25 heavy (non-hydrogen) atoms. The van der Waals surface area contributed by atoms with Crippen LogP contribution in [-0.2, 0) is 0 Å². The normalized spacial score (nSPS) is 11.0. The van der Waals surface area contributed by atoms with Gasteiger partial charge in [-0.05, 0) is 53.7 Å². The molecule has 0 aromatic heterocycles. The molecule has 0 aliphatic rings. The largest absolute Gasteiger partial charge is 0.337 e. The highest BCUT2D eigenvalue weighted by atomic mass is 79.9. The second-order valence-electron chi connectivity index (χ2n) is 7.08. The first-order chi connectivity index (χ1) is 11.8. The minimum Gasteiger partial charge on any atom is -0.337 e. The molecule has 3 nitrogen and oxygen atoms in total. The summed E-state index contributed by atoms with van der Waals surface area (Å²) in [7, 11) is 0. The van der Waals surface area contributed by atoms with Crippen molar-refractivity contribution in [3.05, 3.63) is 70.7 Å². The summed E-state index contributed by atoms with van der Waals surface area (Å²) in [6, 6.07) is 15.6. The molecular weight excluding hydrogens is 376 g/mol. The van der Waals surface area contributed by atoms with Crippen LogP contribution in [0, 0.1) is 12.3 Å². The molecular formula is C21H25BrN2O. The number of allylic oxidation sites excluding steroid dienone is 1. The fourth-order valence-corrected chi connectivity index (χ4v) is 3.17. The van der Waals surface area contributed by atoms with E-state index in [0.717, 1.165) is 22.2 Å². The smallest absolute Gasteiger partial charge is 0.319 e. The number of hydrogen-bond donors (Lipinski definition) is 2. The summed E-state index contributed by atoms with van der Waals surface area (Å²) in [6.45, 7) is 11.2. The molecule has 0 aliphatic heterocycles. The summed E-state index contributed by atoms with van der Waals surface area (Å²) in [4.78, 5) is 12.1. The molecule has 0 spiro atoms. The van der Waals surface area contributed by atoms with E-state index < -0.39 is 0 Å². The maximum Gasteiger partial charge on any atom is 0.319 e. The number of carbonyl (C=O) groups is 1. The van der Waals surface area contributed by atoms with Crippen molar-refractivity contribution in [2.45, 2.75) is 27.2 Å². The fraction of sp³-hybridized carbons (Fsp3) is 0.286. The molecule has 2 N–H and O–H groups in total. The van der Waals surface area contributed by atoms with Crippen molar-refractivity contribution >= 4 is 33.2 Å².